The highest BCUT2D eigenvalue weighted by molar-refractivity contribution is 5.72. The predicted octanol–water partition coefficient (Wildman–Crippen LogP) is 0.680. The normalized spacial score (nSPS) is 11.2. The van der Waals surface area contributed by atoms with Crippen LogP contribution >= 0.6 is 0 Å². The van der Waals surface area contributed by atoms with Gasteiger partial charge in [0, 0.05) is 5.70 Å². The molecule has 0 aromatic rings. The summed E-state index contributed by atoms with van der Waals surface area (Å²) in [5.41, 5.74) is 5.13. The summed E-state index contributed by atoms with van der Waals surface area (Å²) in [6.45, 7) is 3.27. The lowest BCUT2D eigenvalue weighted by Crippen LogP contribution is -2.30. The number of hydrogen-bond acceptors (Lipinski definition) is 2. The van der Waals surface area contributed by atoms with Gasteiger partial charge in [-0.1, -0.05) is 6.08 Å². The Balaban J connectivity index is 4.04. The van der Waals surface area contributed by atoms with E-state index in [4.69, 9.17) is 10.9 Å². The van der Waals surface area contributed by atoms with Crippen LogP contribution in [0.15, 0.2) is 11.8 Å². The zero-order valence-electron chi connectivity index (χ0n) is 5.46. The number of carbonyl (C=O) groups is 1. The number of primary amides is 1. The molecule has 0 rings (SSSR count). The molecule has 3 N–H and O–H groups in total. The molecule has 0 atom stereocenters. The largest absolute Gasteiger partial charge is 0.349 e. The van der Waals surface area contributed by atoms with E-state index in [1.807, 2.05) is 0 Å². The molecule has 0 aliphatic rings. The maximum Gasteiger partial charge on any atom is 0.343 e. The van der Waals surface area contributed by atoms with Crippen molar-refractivity contribution in [1.82, 2.24) is 5.06 Å². The van der Waals surface area contributed by atoms with Crippen molar-refractivity contribution in [2.24, 2.45) is 5.73 Å². The van der Waals surface area contributed by atoms with E-state index in [9.17, 15) is 4.79 Å². The lowest BCUT2D eigenvalue weighted by atomic mass is 10.4. The van der Waals surface area contributed by atoms with Crippen LogP contribution in [0.4, 0.5) is 4.79 Å². The summed E-state index contributed by atoms with van der Waals surface area (Å²) < 4.78 is 0. The van der Waals surface area contributed by atoms with E-state index in [-0.39, 0.29) is 0 Å². The average Bonchev–Trinajstić information content (AvgIpc) is 1.84. The third kappa shape index (κ3) is 2.14. The van der Waals surface area contributed by atoms with Crippen LogP contribution in [0.25, 0.3) is 0 Å². The molecular weight excluding hydrogens is 120 g/mol. The molecule has 4 heteroatoms. The first-order valence-electron chi connectivity index (χ1n) is 2.51. The van der Waals surface area contributed by atoms with Crippen LogP contribution in [0.2, 0.25) is 0 Å². The number of amides is 2. The molecule has 0 unspecified atom stereocenters. The fourth-order valence-electron chi connectivity index (χ4n) is 0.296. The van der Waals surface area contributed by atoms with Gasteiger partial charge in [-0.05, 0) is 13.8 Å². The topological polar surface area (TPSA) is 66.6 Å². The Labute approximate surface area is 53.5 Å². The number of urea groups is 1. The average molecular weight is 130 g/mol. The van der Waals surface area contributed by atoms with Crippen LogP contribution in [-0.2, 0) is 0 Å². The Morgan fingerprint density at radius 1 is 1.78 bits per heavy atom. The monoisotopic (exact) mass is 130 g/mol. The quantitative estimate of drug-likeness (QED) is 0.405. The number of hydrogen-bond donors (Lipinski definition) is 2. The molecule has 0 saturated carbocycles. The first kappa shape index (κ1) is 7.97. The molecule has 0 aliphatic carbocycles. The van der Waals surface area contributed by atoms with Gasteiger partial charge < -0.3 is 5.73 Å². The van der Waals surface area contributed by atoms with E-state index < -0.39 is 6.03 Å². The Bertz CT molecular complexity index is 142. The number of allylic oxidation sites excluding steroid dienone is 2. The van der Waals surface area contributed by atoms with Crippen molar-refractivity contribution in [3.63, 3.8) is 0 Å². The summed E-state index contributed by atoms with van der Waals surface area (Å²) in [6.07, 6.45) is 1.57. The van der Waals surface area contributed by atoms with Crippen molar-refractivity contribution in [3.8, 4) is 0 Å². The summed E-state index contributed by atoms with van der Waals surface area (Å²) in [4.78, 5) is 10.2. The first-order valence-corrected chi connectivity index (χ1v) is 2.51. The Morgan fingerprint density at radius 3 is 2.33 bits per heavy atom. The van der Waals surface area contributed by atoms with Gasteiger partial charge in [-0.3, -0.25) is 5.21 Å². The van der Waals surface area contributed by atoms with Crippen LogP contribution in [-0.4, -0.2) is 16.3 Å². The molecule has 0 aromatic heterocycles. The second kappa shape index (κ2) is 3.09. The molecule has 0 heterocycles. The van der Waals surface area contributed by atoms with Gasteiger partial charge in [0.05, 0.1) is 0 Å². The smallest absolute Gasteiger partial charge is 0.343 e. The lowest BCUT2D eigenvalue weighted by molar-refractivity contribution is -0.00571. The number of rotatable bonds is 1. The summed E-state index contributed by atoms with van der Waals surface area (Å²) in [6, 6.07) is -0.870. The van der Waals surface area contributed by atoms with Gasteiger partial charge in [0.2, 0.25) is 0 Å². The van der Waals surface area contributed by atoms with Crippen molar-refractivity contribution < 1.29 is 10.0 Å². The van der Waals surface area contributed by atoms with E-state index in [2.05, 4.69) is 0 Å². The Morgan fingerprint density at radius 2 is 2.22 bits per heavy atom. The maximum absolute atomic E-state index is 10.2. The molecule has 4 nitrogen and oxygen atoms in total. The van der Waals surface area contributed by atoms with Gasteiger partial charge in [-0.25, -0.2) is 4.79 Å². The number of carbonyl (C=O) groups excluding carboxylic acids is 1. The third-order valence-electron chi connectivity index (χ3n) is 0.961. The highest BCUT2D eigenvalue weighted by atomic mass is 16.5. The van der Waals surface area contributed by atoms with Gasteiger partial charge >= 0.3 is 6.03 Å². The minimum absolute atomic E-state index is 0.389. The van der Waals surface area contributed by atoms with Crippen molar-refractivity contribution in [1.29, 1.82) is 0 Å². The lowest BCUT2D eigenvalue weighted by Gasteiger charge is -2.10. The van der Waals surface area contributed by atoms with Crippen LogP contribution in [0.1, 0.15) is 13.8 Å². The number of hydroxylamine groups is 2. The molecule has 2 amide bonds. The van der Waals surface area contributed by atoms with E-state index in [1.165, 1.54) is 0 Å². The standard InChI is InChI=1S/C5H10N2O2/c1-3-4(2)7(9)5(6)8/h3,9H,1-2H3,(H2,6,8). The molecule has 0 aromatic carbocycles. The predicted molar refractivity (Wildman–Crippen MR) is 32.6 cm³/mol. The van der Waals surface area contributed by atoms with Gasteiger partial charge in [0.15, 0.2) is 0 Å². The van der Waals surface area contributed by atoms with Crippen LogP contribution in [0, 0.1) is 0 Å². The second-order valence-corrected chi connectivity index (χ2v) is 1.58. The van der Waals surface area contributed by atoms with Crippen LogP contribution < -0.4 is 5.73 Å². The maximum atomic E-state index is 10.2. The minimum Gasteiger partial charge on any atom is -0.349 e. The van der Waals surface area contributed by atoms with Gasteiger partial charge in [0.1, 0.15) is 0 Å². The number of nitrogens with zero attached hydrogens (tertiary/aromatic N) is 1. The zero-order valence-corrected chi connectivity index (χ0v) is 5.46. The van der Waals surface area contributed by atoms with E-state index in [0.29, 0.717) is 10.8 Å². The van der Waals surface area contributed by atoms with Crippen molar-refractivity contribution >= 4 is 6.03 Å². The van der Waals surface area contributed by atoms with Crippen LogP contribution in [0.3, 0.4) is 0 Å². The molecular formula is C5H10N2O2. The fourth-order valence-corrected chi connectivity index (χ4v) is 0.296. The summed E-state index contributed by atoms with van der Waals surface area (Å²) >= 11 is 0. The minimum atomic E-state index is -0.870. The van der Waals surface area contributed by atoms with E-state index in [1.54, 1.807) is 19.9 Å². The van der Waals surface area contributed by atoms with Gasteiger partial charge in [-0.2, -0.15) is 5.06 Å². The molecule has 0 saturated heterocycles. The molecule has 0 aliphatic heterocycles. The fraction of sp³-hybridized carbons (Fsp3) is 0.400. The zero-order chi connectivity index (χ0) is 7.44. The SMILES string of the molecule is CC=C(C)N(O)C(N)=O. The Hall–Kier alpha value is -1.03. The second-order valence-electron chi connectivity index (χ2n) is 1.58. The van der Waals surface area contributed by atoms with Crippen molar-refractivity contribution in [2.45, 2.75) is 13.8 Å². The van der Waals surface area contributed by atoms with Gasteiger partial charge in [0.25, 0.3) is 0 Å². The van der Waals surface area contributed by atoms with Gasteiger partial charge in [-0.15, -0.1) is 0 Å². The third-order valence-corrected chi connectivity index (χ3v) is 0.961. The molecule has 52 valence electrons. The Kier molecular flexibility index (Phi) is 2.73. The first-order chi connectivity index (χ1) is 4.09. The highest BCUT2D eigenvalue weighted by Gasteiger charge is 2.04. The molecule has 0 bridgehead atoms. The number of nitrogens with two attached hydrogens (primary N) is 1. The van der Waals surface area contributed by atoms with E-state index >= 15 is 0 Å². The molecule has 9 heavy (non-hydrogen) atoms. The summed E-state index contributed by atoms with van der Waals surface area (Å²) in [5.74, 6) is 0. The van der Waals surface area contributed by atoms with Crippen molar-refractivity contribution in [2.75, 3.05) is 0 Å². The van der Waals surface area contributed by atoms with Crippen LogP contribution in [0.5, 0.6) is 0 Å². The molecule has 0 spiro atoms. The van der Waals surface area contributed by atoms with Crippen molar-refractivity contribution in [3.05, 3.63) is 11.8 Å². The summed E-state index contributed by atoms with van der Waals surface area (Å²) in [7, 11) is 0. The molecule has 0 fully saturated rings. The summed E-state index contributed by atoms with van der Waals surface area (Å²) in [5, 5.41) is 9.07. The highest BCUT2D eigenvalue weighted by Crippen LogP contribution is 1.96. The molecule has 0 radical (unpaired) electrons. The van der Waals surface area contributed by atoms with E-state index in [0.717, 1.165) is 0 Å².